The van der Waals surface area contributed by atoms with Gasteiger partial charge in [0.15, 0.2) is 0 Å². The monoisotopic (exact) mass is 518 g/mol. The molecular formula is C29H46N2O6. The van der Waals surface area contributed by atoms with E-state index in [9.17, 15) is 9.59 Å². The van der Waals surface area contributed by atoms with Gasteiger partial charge in [-0.15, -0.1) is 0 Å². The summed E-state index contributed by atoms with van der Waals surface area (Å²) in [5.41, 5.74) is 0.759. The van der Waals surface area contributed by atoms with Crippen LogP contribution in [0.15, 0.2) is 24.3 Å². The first kappa shape index (κ1) is 29.2. The average Bonchev–Trinajstić information content (AvgIpc) is 2.87. The van der Waals surface area contributed by atoms with Crippen molar-refractivity contribution in [3.8, 4) is 5.75 Å². The summed E-state index contributed by atoms with van der Waals surface area (Å²) in [5, 5.41) is 6.56. The molecule has 1 aromatic rings. The van der Waals surface area contributed by atoms with Gasteiger partial charge in [-0.3, -0.25) is 4.79 Å². The fraction of sp³-hybridized carbons (Fsp3) is 0.724. The van der Waals surface area contributed by atoms with Gasteiger partial charge in [-0.2, -0.15) is 0 Å². The predicted molar refractivity (Wildman–Crippen MR) is 143 cm³/mol. The number of benzene rings is 1. The topological polar surface area (TPSA) is 95.1 Å². The number of amides is 1. The Morgan fingerprint density at radius 3 is 2.54 bits per heavy atom. The van der Waals surface area contributed by atoms with Crippen molar-refractivity contribution in [1.82, 2.24) is 10.6 Å². The minimum atomic E-state index is -0.509. The number of piperidine rings is 1. The fourth-order valence-corrected chi connectivity index (χ4v) is 5.14. The molecule has 2 fully saturated rings. The predicted octanol–water partition coefficient (Wildman–Crippen LogP) is 5.10. The summed E-state index contributed by atoms with van der Waals surface area (Å²) < 4.78 is 22.6. The Balaban J connectivity index is 1.42. The number of rotatable bonds is 11. The van der Waals surface area contributed by atoms with Crippen LogP contribution in [0.2, 0.25) is 0 Å². The Hall–Kier alpha value is -2.32. The second-order valence-electron chi connectivity index (χ2n) is 11.2. The Bertz CT molecular complexity index is 847. The van der Waals surface area contributed by atoms with Gasteiger partial charge in [0.1, 0.15) is 11.4 Å². The lowest BCUT2D eigenvalue weighted by Crippen LogP contribution is -2.56. The number of para-hydroxylation sites is 1. The molecule has 2 atom stereocenters. The highest BCUT2D eigenvalue weighted by Crippen LogP contribution is 2.38. The molecule has 1 saturated carbocycles. The van der Waals surface area contributed by atoms with Gasteiger partial charge in [0.25, 0.3) is 0 Å². The minimum Gasteiger partial charge on any atom is -0.493 e. The molecule has 0 radical (unpaired) electrons. The highest BCUT2D eigenvalue weighted by Gasteiger charge is 2.30. The summed E-state index contributed by atoms with van der Waals surface area (Å²) in [6.07, 6.45) is 7.97. The van der Waals surface area contributed by atoms with Gasteiger partial charge in [0, 0.05) is 12.5 Å². The van der Waals surface area contributed by atoms with Gasteiger partial charge in [0.05, 0.1) is 32.5 Å². The van der Waals surface area contributed by atoms with Crippen LogP contribution < -0.4 is 15.4 Å². The van der Waals surface area contributed by atoms with Gasteiger partial charge in [-0.05, 0) is 96.2 Å². The molecule has 1 aliphatic carbocycles. The number of methoxy groups -OCH3 is 1. The van der Waals surface area contributed by atoms with Crippen molar-refractivity contribution >= 4 is 12.1 Å². The lowest BCUT2D eigenvalue weighted by Gasteiger charge is -2.36. The molecular weight excluding hydrogens is 472 g/mol. The van der Waals surface area contributed by atoms with Crippen molar-refractivity contribution in [2.24, 2.45) is 0 Å². The van der Waals surface area contributed by atoms with E-state index in [-0.39, 0.29) is 30.3 Å². The number of carbonyl (C=O) groups is 2. The van der Waals surface area contributed by atoms with Crippen molar-refractivity contribution in [1.29, 1.82) is 0 Å². The molecule has 3 rings (SSSR count). The number of alkyl carbamates (subject to hydrolysis) is 1. The maximum atomic E-state index is 12.3. The summed E-state index contributed by atoms with van der Waals surface area (Å²) in [7, 11) is 1.42. The zero-order valence-corrected chi connectivity index (χ0v) is 23.1. The maximum Gasteiger partial charge on any atom is 0.407 e. The zero-order chi connectivity index (χ0) is 26.7. The number of nitrogens with one attached hydrogen (secondary N) is 2. The van der Waals surface area contributed by atoms with E-state index < -0.39 is 5.60 Å². The van der Waals surface area contributed by atoms with Gasteiger partial charge < -0.3 is 29.6 Å². The Labute approximate surface area is 222 Å². The number of ether oxygens (including phenoxy) is 4. The van der Waals surface area contributed by atoms with Crippen LogP contribution in [-0.4, -0.2) is 62.7 Å². The molecule has 1 saturated heterocycles. The minimum absolute atomic E-state index is 0.0107. The second kappa shape index (κ2) is 14.6. The quantitative estimate of drug-likeness (QED) is 0.311. The third-order valence-electron chi connectivity index (χ3n) is 7.09. The molecule has 0 bridgehead atoms. The average molecular weight is 519 g/mol. The molecule has 1 aromatic carbocycles. The maximum absolute atomic E-state index is 12.3. The largest absolute Gasteiger partial charge is 0.493 e. The van der Waals surface area contributed by atoms with Crippen molar-refractivity contribution in [2.45, 2.75) is 108 Å². The molecule has 1 heterocycles. The van der Waals surface area contributed by atoms with Crippen LogP contribution in [0.3, 0.4) is 0 Å². The molecule has 2 N–H and O–H groups in total. The summed E-state index contributed by atoms with van der Waals surface area (Å²) in [4.78, 5) is 23.6. The van der Waals surface area contributed by atoms with E-state index >= 15 is 0 Å². The number of esters is 1. The van der Waals surface area contributed by atoms with Crippen LogP contribution in [0.25, 0.3) is 0 Å². The summed E-state index contributed by atoms with van der Waals surface area (Å²) in [6.45, 7) is 7.75. The SMILES string of the molecule is COC(=O)CCCCOc1ccccc1[C@H]1CC[C@@H](OC[C@@H]2NCCC[C@@H]2NC(=O)OC(C)(C)C)CC1. The lowest BCUT2D eigenvalue weighted by molar-refractivity contribution is -0.140. The summed E-state index contributed by atoms with van der Waals surface area (Å²) >= 11 is 0. The smallest absolute Gasteiger partial charge is 0.407 e. The van der Waals surface area contributed by atoms with E-state index in [0.717, 1.165) is 63.7 Å². The number of hydrogen-bond acceptors (Lipinski definition) is 7. The van der Waals surface area contributed by atoms with E-state index in [4.69, 9.17) is 18.9 Å². The van der Waals surface area contributed by atoms with Crippen molar-refractivity contribution in [3.05, 3.63) is 29.8 Å². The van der Waals surface area contributed by atoms with Crippen LogP contribution in [-0.2, 0) is 19.0 Å². The van der Waals surface area contributed by atoms with Crippen LogP contribution in [0.1, 0.15) is 90.0 Å². The van der Waals surface area contributed by atoms with Crippen molar-refractivity contribution < 1.29 is 28.5 Å². The first-order valence-corrected chi connectivity index (χ1v) is 13.9. The van der Waals surface area contributed by atoms with Crippen LogP contribution in [0.5, 0.6) is 5.75 Å². The number of carbonyl (C=O) groups excluding carboxylic acids is 2. The van der Waals surface area contributed by atoms with Gasteiger partial charge in [-0.1, -0.05) is 18.2 Å². The van der Waals surface area contributed by atoms with E-state index in [1.165, 1.54) is 12.7 Å². The van der Waals surface area contributed by atoms with Crippen LogP contribution in [0.4, 0.5) is 4.79 Å². The van der Waals surface area contributed by atoms with Gasteiger partial charge in [0.2, 0.25) is 0 Å². The van der Waals surface area contributed by atoms with Gasteiger partial charge in [-0.25, -0.2) is 4.79 Å². The zero-order valence-electron chi connectivity index (χ0n) is 23.1. The first-order valence-electron chi connectivity index (χ1n) is 13.9. The lowest BCUT2D eigenvalue weighted by atomic mass is 9.82. The van der Waals surface area contributed by atoms with E-state index in [2.05, 4.69) is 22.8 Å². The van der Waals surface area contributed by atoms with Crippen molar-refractivity contribution in [3.63, 3.8) is 0 Å². The van der Waals surface area contributed by atoms with Crippen molar-refractivity contribution in [2.75, 3.05) is 26.9 Å². The Kier molecular flexibility index (Phi) is 11.5. The van der Waals surface area contributed by atoms with Crippen LogP contribution >= 0.6 is 0 Å². The fourth-order valence-electron chi connectivity index (χ4n) is 5.14. The number of hydrogen-bond donors (Lipinski definition) is 2. The van der Waals surface area contributed by atoms with E-state index in [1.54, 1.807) is 0 Å². The molecule has 0 spiro atoms. The molecule has 8 heteroatoms. The molecule has 1 amide bonds. The third-order valence-corrected chi connectivity index (χ3v) is 7.09. The second-order valence-corrected chi connectivity index (χ2v) is 11.2. The number of unbranched alkanes of at least 4 members (excludes halogenated alkanes) is 1. The van der Waals surface area contributed by atoms with Crippen LogP contribution in [0, 0.1) is 0 Å². The summed E-state index contributed by atoms with van der Waals surface area (Å²) in [6, 6.07) is 8.42. The normalized spacial score (nSPS) is 24.2. The standard InChI is InChI=1S/C29H46N2O6/c1-29(2,3)37-28(33)31-24-11-9-18-30-25(24)20-36-22-16-14-21(15-17-22)23-10-5-6-12-26(23)35-19-8-7-13-27(32)34-4/h5-6,10,12,21-22,24-25,30H,7-9,11,13-20H2,1-4H3,(H,31,33)/t21-,22+,24-,25-/m0/s1. The Morgan fingerprint density at radius 1 is 1.05 bits per heavy atom. The molecule has 208 valence electrons. The molecule has 0 aromatic heterocycles. The molecule has 37 heavy (non-hydrogen) atoms. The molecule has 0 unspecified atom stereocenters. The first-order chi connectivity index (χ1) is 17.7. The van der Waals surface area contributed by atoms with E-state index in [0.29, 0.717) is 25.6 Å². The highest BCUT2D eigenvalue weighted by atomic mass is 16.6. The highest BCUT2D eigenvalue weighted by molar-refractivity contribution is 5.69. The van der Waals surface area contributed by atoms with E-state index in [1.807, 2.05) is 32.9 Å². The van der Waals surface area contributed by atoms with Gasteiger partial charge >= 0.3 is 12.1 Å². The molecule has 1 aliphatic heterocycles. The summed E-state index contributed by atoms with van der Waals surface area (Å²) in [5.74, 6) is 1.24. The Morgan fingerprint density at radius 2 is 1.81 bits per heavy atom. The third kappa shape index (κ3) is 10.2. The molecule has 2 aliphatic rings. The molecule has 8 nitrogen and oxygen atoms in total.